The molecular weight excluding hydrogens is 392 g/mol. The van der Waals surface area contributed by atoms with Crippen LogP contribution in [0.3, 0.4) is 0 Å². The number of halogens is 3. The third-order valence-electron chi connectivity index (χ3n) is 2.55. The first kappa shape index (κ1) is 17.3. The Hall–Kier alpha value is -1.08. The third kappa shape index (κ3) is 3.46. The van der Waals surface area contributed by atoms with E-state index < -0.39 is 24.1 Å². The van der Waals surface area contributed by atoms with Crippen molar-refractivity contribution >= 4 is 27.5 Å². The molecule has 5 N–H and O–H groups in total. The average molecular weight is 403 g/mol. The van der Waals surface area contributed by atoms with E-state index in [9.17, 15) is 14.6 Å². The zero-order valence-electron chi connectivity index (χ0n) is 10.6. The van der Waals surface area contributed by atoms with Crippen LogP contribution in [0.25, 0.3) is 0 Å². The molecule has 0 bridgehead atoms. The van der Waals surface area contributed by atoms with E-state index in [0.29, 0.717) is 0 Å². The van der Waals surface area contributed by atoms with Gasteiger partial charge in [0.15, 0.2) is 0 Å². The molecule has 0 saturated heterocycles. The molecule has 1 aliphatic rings. The summed E-state index contributed by atoms with van der Waals surface area (Å²) in [6.45, 7) is 0. The predicted octanol–water partition coefficient (Wildman–Crippen LogP) is -0.607. The van der Waals surface area contributed by atoms with Gasteiger partial charge < -0.3 is 30.3 Å². The monoisotopic (exact) mass is 401 g/mol. The fourth-order valence-electron chi connectivity index (χ4n) is 1.56. The summed E-state index contributed by atoms with van der Waals surface area (Å²) in [5.41, 5.74) is 0. The molecule has 0 aliphatic heterocycles. The van der Waals surface area contributed by atoms with Gasteiger partial charge in [-0.2, -0.15) is 4.98 Å². The third-order valence-corrected chi connectivity index (χ3v) is 3.13. The summed E-state index contributed by atoms with van der Waals surface area (Å²) in [6, 6.07) is -0.664. The van der Waals surface area contributed by atoms with Crippen molar-refractivity contribution in [1.82, 2.24) is 14.8 Å². The highest BCUT2D eigenvalue weighted by Crippen LogP contribution is 2.29. The van der Waals surface area contributed by atoms with Gasteiger partial charge in [0, 0.05) is 11.5 Å². The minimum atomic E-state index is -3.97. The molecule has 0 radical (unpaired) electrons. The number of aliphatic hydroxyl groups is 5. The van der Waals surface area contributed by atoms with Gasteiger partial charge in [-0.3, -0.25) is 0 Å². The molecule has 0 spiro atoms. The van der Waals surface area contributed by atoms with Crippen LogP contribution in [0.2, 0.25) is 0 Å². The molecule has 1 atom stereocenters. The van der Waals surface area contributed by atoms with Crippen molar-refractivity contribution in [3.05, 3.63) is 27.7 Å². The molecule has 0 fully saturated rings. The van der Waals surface area contributed by atoms with Crippen LogP contribution in [-0.2, 0) is 5.91 Å². The van der Waals surface area contributed by atoms with Gasteiger partial charge in [0.05, 0.1) is 0 Å². The normalized spacial score (nSPS) is 19.7. The van der Waals surface area contributed by atoms with Crippen molar-refractivity contribution in [2.45, 2.75) is 24.5 Å². The Labute approximate surface area is 135 Å². The van der Waals surface area contributed by atoms with Gasteiger partial charge in [-0.05, 0) is 28.1 Å². The van der Waals surface area contributed by atoms with Crippen molar-refractivity contribution in [3.63, 3.8) is 0 Å². The van der Waals surface area contributed by atoms with Crippen molar-refractivity contribution < 1.29 is 34.7 Å². The Balaban J connectivity index is 2.36. The largest absolute Gasteiger partial charge is 0.429 e. The maximum atomic E-state index is 13.4. The molecule has 2 rings (SSSR count). The fraction of sp³-hybridized carbons (Fsp3) is 0.400. The lowest BCUT2D eigenvalue weighted by Crippen LogP contribution is -2.56. The molecule has 1 aromatic heterocycles. The topological polar surface area (TPSA) is 141 Å². The zero-order valence-corrected chi connectivity index (χ0v) is 12.9. The molecule has 1 unspecified atom stereocenters. The second-order valence-corrected chi connectivity index (χ2v) is 5.48. The molecule has 12 heteroatoms. The number of aromatic nitrogens is 3. The van der Waals surface area contributed by atoms with E-state index in [1.807, 2.05) is 0 Å². The van der Waals surface area contributed by atoms with Crippen LogP contribution >= 0.6 is 27.5 Å². The highest BCUT2D eigenvalue weighted by atomic mass is 79.9. The molecule has 1 aliphatic carbocycles. The van der Waals surface area contributed by atoms with E-state index in [0.717, 1.165) is 6.08 Å². The summed E-state index contributed by atoms with van der Waals surface area (Å²) < 4.78 is 18.3. The smallest absolute Gasteiger partial charge is 0.357 e. The van der Waals surface area contributed by atoms with Crippen molar-refractivity contribution in [2.75, 3.05) is 0 Å². The second kappa shape index (κ2) is 5.85. The Kier molecular flexibility index (Phi) is 4.59. The standard InChI is InChI=1S/C10H10BrClFN3O6/c11-7-14-8(16(15-7)9(17,18)10(19,20)21)22-6-2-4(12)1-5(13)3-6/h1-2,5,17-21H,3H2. The van der Waals surface area contributed by atoms with Crippen molar-refractivity contribution in [3.8, 4) is 6.01 Å². The van der Waals surface area contributed by atoms with Gasteiger partial charge >= 0.3 is 17.9 Å². The van der Waals surface area contributed by atoms with Crippen molar-refractivity contribution in [2.24, 2.45) is 0 Å². The molecule has 0 amide bonds. The summed E-state index contributed by atoms with van der Waals surface area (Å²) in [5, 5.41) is 49.5. The lowest BCUT2D eigenvalue weighted by molar-refractivity contribution is -0.484. The maximum Gasteiger partial charge on any atom is 0.357 e. The van der Waals surface area contributed by atoms with Crippen LogP contribution in [0.1, 0.15) is 6.42 Å². The van der Waals surface area contributed by atoms with Crippen molar-refractivity contribution in [1.29, 1.82) is 0 Å². The van der Waals surface area contributed by atoms with Crippen LogP contribution in [0.15, 0.2) is 27.7 Å². The minimum Gasteiger partial charge on any atom is -0.429 e. The number of allylic oxidation sites excluding steroid dienone is 4. The SMILES string of the molecule is OC(O)(O)C(O)(O)n1nc(Br)nc1OC1=CC(Cl)=CC(F)C1. The van der Waals surface area contributed by atoms with Crippen LogP contribution in [0, 0.1) is 0 Å². The lowest BCUT2D eigenvalue weighted by Gasteiger charge is -2.29. The van der Waals surface area contributed by atoms with E-state index in [-0.39, 0.29) is 26.6 Å². The average Bonchev–Trinajstić information content (AvgIpc) is 2.67. The van der Waals surface area contributed by atoms with Gasteiger partial charge in [-0.1, -0.05) is 11.6 Å². The van der Waals surface area contributed by atoms with Gasteiger partial charge in [-0.25, -0.2) is 4.39 Å². The summed E-state index contributed by atoms with van der Waals surface area (Å²) in [4.78, 5) is 3.60. The fourth-order valence-corrected chi connectivity index (χ4v) is 2.13. The van der Waals surface area contributed by atoms with E-state index >= 15 is 0 Å². The minimum absolute atomic E-state index is 0.0311. The highest BCUT2D eigenvalue weighted by molar-refractivity contribution is 9.10. The highest BCUT2D eigenvalue weighted by Gasteiger charge is 2.52. The molecule has 0 saturated carbocycles. The van der Waals surface area contributed by atoms with Gasteiger partial charge in [0.25, 0.3) is 0 Å². The Morgan fingerprint density at radius 3 is 2.55 bits per heavy atom. The first-order valence-electron chi connectivity index (χ1n) is 5.65. The predicted molar refractivity (Wildman–Crippen MR) is 71.7 cm³/mol. The molecule has 122 valence electrons. The number of ether oxygens (including phenoxy) is 1. The molecule has 1 aromatic rings. The van der Waals surface area contributed by atoms with E-state index in [2.05, 4.69) is 26.0 Å². The van der Waals surface area contributed by atoms with Crippen LogP contribution in [-0.4, -0.2) is 52.4 Å². The molecule has 22 heavy (non-hydrogen) atoms. The summed E-state index contributed by atoms with van der Waals surface area (Å²) in [6.07, 6.45) is 0.753. The lowest BCUT2D eigenvalue weighted by atomic mass is 10.1. The Morgan fingerprint density at radius 1 is 1.36 bits per heavy atom. The summed E-state index contributed by atoms with van der Waals surface area (Å²) >= 11 is 8.48. The number of alkyl halides is 1. The first-order chi connectivity index (χ1) is 10.0. The number of hydrogen-bond acceptors (Lipinski definition) is 8. The van der Waals surface area contributed by atoms with Gasteiger partial charge in [-0.15, -0.1) is 9.78 Å². The zero-order chi connectivity index (χ0) is 16.7. The first-order valence-corrected chi connectivity index (χ1v) is 6.82. The van der Waals surface area contributed by atoms with Gasteiger partial charge in [0.1, 0.15) is 11.9 Å². The van der Waals surface area contributed by atoms with Gasteiger partial charge in [0.2, 0.25) is 4.73 Å². The molecule has 9 nitrogen and oxygen atoms in total. The quantitative estimate of drug-likeness (QED) is 0.420. The molecular formula is C10H10BrClFN3O6. The van der Waals surface area contributed by atoms with E-state index in [4.69, 9.17) is 31.7 Å². The summed E-state index contributed by atoms with van der Waals surface area (Å²) in [7, 11) is 0. The number of rotatable bonds is 4. The molecule has 1 heterocycles. The Bertz CT molecular complexity index is 641. The maximum absolute atomic E-state index is 13.4. The molecule has 0 aromatic carbocycles. The van der Waals surface area contributed by atoms with Crippen LogP contribution in [0.5, 0.6) is 6.01 Å². The summed E-state index contributed by atoms with van der Waals surface area (Å²) in [5.74, 6) is -7.69. The Morgan fingerprint density at radius 2 is 2.00 bits per heavy atom. The van der Waals surface area contributed by atoms with E-state index in [1.54, 1.807) is 0 Å². The van der Waals surface area contributed by atoms with E-state index in [1.165, 1.54) is 6.08 Å². The van der Waals surface area contributed by atoms with Crippen LogP contribution < -0.4 is 4.74 Å². The number of hydrogen-bond donors (Lipinski definition) is 5. The number of nitrogens with zero attached hydrogens (tertiary/aromatic N) is 3. The van der Waals surface area contributed by atoms with Crippen LogP contribution in [0.4, 0.5) is 4.39 Å². The second-order valence-electron chi connectivity index (χ2n) is 4.33.